The van der Waals surface area contributed by atoms with E-state index in [2.05, 4.69) is 30.2 Å². The van der Waals surface area contributed by atoms with E-state index in [1.54, 1.807) is 6.20 Å². The van der Waals surface area contributed by atoms with Gasteiger partial charge in [-0.1, -0.05) is 25.9 Å². The molecule has 10 nitrogen and oxygen atoms in total. The van der Waals surface area contributed by atoms with Gasteiger partial charge in [-0.2, -0.15) is 5.10 Å². The zero-order valence-electron chi connectivity index (χ0n) is 14.2. The molecule has 1 saturated heterocycles. The number of aromatic nitrogens is 4. The Morgan fingerprint density at radius 3 is 2.76 bits per heavy atom. The predicted octanol–water partition coefficient (Wildman–Crippen LogP) is 0.342. The molecule has 1 aliphatic rings. The van der Waals surface area contributed by atoms with Crippen LogP contribution in [-0.4, -0.2) is 38.7 Å². The highest BCUT2D eigenvalue weighted by atomic mass is 16.5. The number of H-pyrrole nitrogens is 2. The van der Waals surface area contributed by atoms with Crippen LogP contribution in [0.3, 0.4) is 0 Å². The lowest BCUT2D eigenvalue weighted by molar-refractivity contribution is -0.127. The van der Waals surface area contributed by atoms with E-state index < -0.39 is 23.1 Å². The van der Waals surface area contributed by atoms with E-state index in [1.165, 1.54) is 11.1 Å². The van der Waals surface area contributed by atoms with Gasteiger partial charge in [-0.15, -0.1) is 0 Å². The minimum absolute atomic E-state index is 0.114. The van der Waals surface area contributed by atoms with Crippen molar-refractivity contribution < 1.29 is 14.1 Å². The van der Waals surface area contributed by atoms with E-state index in [4.69, 9.17) is 0 Å². The highest BCUT2D eigenvalue weighted by molar-refractivity contribution is 6.00. The normalized spacial score (nSPS) is 19.2. The fourth-order valence-corrected chi connectivity index (χ4v) is 2.85. The van der Waals surface area contributed by atoms with Crippen LogP contribution in [0.5, 0.6) is 0 Å². The lowest BCUT2D eigenvalue weighted by Crippen LogP contribution is -2.41. The molecule has 25 heavy (non-hydrogen) atoms. The summed E-state index contributed by atoms with van der Waals surface area (Å²) in [5.74, 6) is -1.33. The third-order valence-corrected chi connectivity index (χ3v) is 4.17. The summed E-state index contributed by atoms with van der Waals surface area (Å²) in [5, 5.41) is 13.0. The maximum Gasteiger partial charge on any atom is 0.438 e. The lowest BCUT2D eigenvalue weighted by atomic mass is 9.86. The number of carbonyl (C=O) groups excluding carboxylic acids is 2. The van der Waals surface area contributed by atoms with Gasteiger partial charge < -0.3 is 10.2 Å². The van der Waals surface area contributed by atoms with Crippen molar-refractivity contribution in [3.63, 3.8) is 0 Å². The average molecular weight is 348 g/mol. The first kappa shape index (κ1) is 16.9. The number of hydrogen-bond donors (Lipinski definition) is 3. The number of hydrogen-bond acceptors (Lipinski definition) is 6. The summed E-state index contributed by atoms with van der Waals surface area (Å²) < 4.78 is 4.55. The Hall–Kier alpha value is -2.91. The summed E-state index contributed by atoms with van der Waals surface area (Å²) in [7, 11) is 0. The monoisotopic (exact) mass is 348 g/mol. The van der Waals surface area contributed by atoms with Gasteiger partial charge in [-0.25, -0.2) is 4.79 Å². The molecule has 2 aromatic heterocycles. The van der Waals surface area contributed by atoms with Crippen LogP contribution in [0, 0.1) is 11.3 Å². The molecule has 0 radical (unpaired) electrons. The summed E-state index contributed by atoms with van der Waals surface area (Å²) in [6, 6.07) is -0.551. The quantitative estimate of drug-likeness (QED) is 0.729. The molecule has 0 aromatic carbocycles. The van der Waals surface area contributed by atoms with Crippen molar-refractivity contribution in [1.29, 1.82) is 0 Å². The summed E-state index contributed by atoms with van der Waals surface area (Å²) in [6.45, 7) is 5.99. The van der Waals surface area contributed by atoms with E-state index in [-0.39, 0.29) is 30.6 Å². The van der Waals surface area contributed by atoms with Gasteiger partial charge in [-0.3, -0.25) is 24.2 Å². The average Bonchev–Trinajstić information content (AvgIpc) is 3.23. The minimum atomic E-state index is -0.680. The van der Waals surface area contributed by atoms with Crippen LogP contribution >= 0.6 is 0 Å². The van der Waals surface area contributed by atoms with Crippen molar-refractivity contribution in [1.82, 2.24) is 25.7 Å². The molecule has 2 amide bonds. The first-order chi connectivity index (χ1) is 11.8. The first-order valence-corrected chi connectivity index (χ1v) is 7.91. The first-order valence-electron chi connectivity index (χ1n) is 7.91. The standard InChI is InChI=1S/C15H20N6O4/c1-15(2,3)11(12-19-14(24)25-20-12)18-13(23)8-4-10(22)21(7-8)9-5-16-17-6-9/h5-6,8,11H,4,7H2,1-3H3,(H,16,17)(H,18,23)(H,19,20,24). The van der Waals surface area contributed by atoms with Gasteiger partial charge in [0.1, 0.15) is 0 Å². The highest BCUT2D eigenvalue weighted by Crippen LogP contribution is 2.32. The number of rotatable bonds is 4. The van der Waals surface area contributed by atoms with Crippen molar-refractivity contribution in [2.24, 2.45) is 11.3 Å². The number of carbonyl (C=O) groups is 2. The second kappa shape index (κ2) is 6.19. The summed E-state index contributed by atoms with van der Waals surface area (Å²) >= 11 is 0. The van der Waals surface area contributed by atoms with Crippen molar-refractivity contribution in [2.45, 2.75) is 33.2 Å². The molecule has 3 rings (SSSR count). The Balaban J connectivity index is 1.74. The van der Waals surface area contributed by atoms with E-state index >= 15 is 0 Å². The minimum Gasteiger partial charge on any atom is -0.345 e. The molecule has 1 fully saturated rings. The molecular weight excluding hydrogens is 328 g/mol. The Bertz CT molecular complexity index is 816. The van der Waals surface area contributed by atoms with Crippen LogP contribution in [0.1, 0.15) is 39.1 Å². The van der Waals surface area contributed by atoms with Crippen molar-refractivity contribution in [3.8, 4) is 0 Å². The number of anilines is 1. The third kappa shape index (κ3) is 3.47. The van der Waals surface area contributed by atoms with E-state index in [9.17, 15) is 14.4 Å². The topological polar surface area (TPSA) is 137 Å². The van der Waals surface area contributed by atoms with Crippen LogP contribution < -0.4 is 16.0 Å². The second-order valence-electron chi connectivity index (χ2n) is 7.15. The lowest BCUT2D eigenvalue weighted by Gasteiger charge is -2.30. The van der Waals surface area contributed by atoms with Gasteiger partial charge in [-0.05, 0) is 5.41 Å². The SMILES string of the molecule is CC(C)(C)C(NC(=O)C1CC(=O)N(c2cn[nH]c2)C1)c1noc(=O)[nH]1. The van der Waals surface area contributed by atoms with Crippen molar-refractivity contribution in [2.75, 3.05) is 11.4 Å². The fraction of sp³-hybridized carbons (Fsp3) is 0.533. The Morgan fingerprint density at radius 1 is 1.44 bits per heavy atom. The summed E-state index contributed by atoms with van der Waals surface area (Å²) in [5.41, 5.74) is 0.219. The van der Waals surface area contributed by atoms with Crippen molar-refractivity contribution in [3.05, 3.63) is 28.8 Å². The van der Waals surface area contributed by atoms with E-state index in [0.29, 0.717) is 5.69 Å². The van der Waals surface area contributed by atoms with Crippen LogP contribution in [0.15, 0.2) is 21.7 Å². The smallest absolute Gasteiger partial charge is 0.345 e. The molecule has 134 valence electrons. The number of aromatic amines is 2. The molecule has 0 saturated carbocycles. The van der Waals surface area contributed by atoms with Crippen molar-refractivity contribution >= 4 is 17.5 Å². The molecule has 0 spiro atoms. The van der Waals surface area contributed by atoms with Gasteiger partial charge in [0, 0.05) is 19.2 Å². The van der Waals surface area contributed by atoms with Crippen LogP contribution in [-0.2, 0) is 9.59 Å². The van der Waals surface area contributed by atoms with E-state index in [1.807, 2.05) is 20.8 Å². The molecule has 3 N–H and O–H groups in total. The molecule has 0 aliphatic carbocycles. The Morgan fingerprint density at radius 2 is 2.20 bits per heavy atom. The predicted molar refractivity (Wildman–Crippen MR) is 86.5 cm³/mol. The second-order valence-corrected chi connectivity index (χ2v) is 7.15. The summed E-state index contributed by atoms with van der Waals surface area (Å²) in [4.78, 5) is 40.1. The number of nitrogens with zero attached hydrogens (tertiary/aromatic N) is 3. The Kier molecular flexibility index (Phi) is 4.19. The maximum atomic E-state index is 12.7. The Labute approximate surface area is 143 Å². The number of amides is 2. The molecule has 2 unspecified atom stereocenters. The van der Waals surface area contributed by atoms with Gasteiger partial charge in [0.15, 0.2) is 5.82 Å². The van der Waals surface area contributed by atoms with Crippen LogP contribution in [0.25, 0.3) is 0 Å². The molecular formula is C15H20N6O4. The molecule has 2 aromatic rings. The number of nitrogens with one attached hydrogen (secondary N) is 3. The third-order valence-electron chi connectivity index (χ3n) is 4.17. The van der Waals surface area contributed by atoms with Gasteiger partial charge in [0.05, 0.1) is 23.8 Å². The van der Waals surface area contributed by atoms with Gasteiger partial charge in [0.2, 0.25) is 11.8 Å². The molecule has 3 heterocycles. The van der Waals surface area contributed by atoms with E-state index in [0.717, 1.165) is 0 Å². The highest BCUT2D eigenvalue weighted by Gasteiger charge is 2.38. The molecule has 2 atom stereocenters. The largest absolute Gasteiger partial charge is 0.438 e. The van der Waals surface area contributed by atoms with Gasteiger partial charge >= 0.3 is 5.76 Å². The molecule has 0 bridgehead atoms. The molecule has 10 heteroatoms. The zero-order chi connectivity index (χ0) is 18.2. The van der Waals surface area contributed by atoms with Crippen LogP contribution in [0.4, 0.5) is 5.69 Å². The summed E-state index contributed by atoms with van der Waals surface area (Å²) in [6.07, 6.45) is 3.26. The fourth-order valence-electron chi connectivity index (χ4n) is 2.85. The maximum absolute atomic E-state index is 12.7. The van der Waals surface area contributed by atoms with Crippen LogP contribution in [0.2, 0.25) is 0 Å². The zero-order valence-corrected chi connectivity index (χ0v) is 14.2. The van der Waals surface area contributed by atoms with Gasteiger partial charge in [0.25, 0.3) is 0 Å². The molecule has 1 aliphatic heterocycles.